The summed E-state index contributed by atoms with van der Waals surface area (Å²) >= 11 is 0. The van der Waals surface area contributed by atoms with Gasteiger partial charge in [0.25, 0.3) is 0 Å². The molecule has 3 N–H and O–H groups in total. The van der Waals surface area contributed by atoms with Crippen LogP contribution in [-0.4, -0.2) is 55.5 Å². The normalized spacial score (nSPS) is 17.2. The lowest BCUT2D eigenvalue weighted by molar-refractivity contribution is -0.161. The van der Waals surface area contributed by atoms with Gasteiger partial charge in [0.1, 0.15) is 5.92 Å². The third-order valence-electron chi connectivity index (χ3n) is 2.50. The summed E-state index contributed by atoms with van der Waals surface area (Å²) in [7, 11) is 2.99. The summed E-state index contributed by atoms with van der Waals surface area (Å²) in [6.07, 6.45) is -4.54. The molecule has 0 aromatic rings. The van der Waals surface area contributed by atoms with E-state index in [1.807, 2.05) is 0 Å². The molecule has 0 aromatic carbocycles. The molecule has 0 aliphatic rings. The van der Waals surface area contributed by atoms with Crippen molar-refractivity contribution in [3.8, 4) is 0 Å². The monoisotopic (exact) mass is 257 g/mol. The summed E-state index contributed by atoms with van der Waals surface area (Å²) in [6.45, 7) is 1.64. The molecule has 0 radical (unpaired) electrons. The van der Waals surface area contributed by atoms with Crippen LogP contribution in [0.1, 0.15) is 6.92 Å². The first-order chi connectivity index (χ1) is 7.73. The number of likely N-dealkylation sites (N-methyl/N-ethyl adjacent to an activating group) is 1. The van der Waals surface area contributed by atoms with Crippen LogP contribution in [0.25, 0.3) is 0 Å². The first-order valence-electron chi connectivity index (χ1n) is 4.97. The third kappa shape index (κ3) is 5.22. The highest BCUT2D eigenvalue weighted by Gasteiger charge is 2.43. The van der Waals surface area contributed by atoms with Gasteiger partial charge in [0.2, 0.25) is 0 Å². The van der Waals surface area contributed by atoms with Crippen molar-refractivity contribution in [2.24, 2.45) is 16.8 Å². The molecule has 0 aliphatic heterocycles. The average molecular weight is 257 g/mol. The van der Waals surface area contributed by atoms with Gasteiger partial charge in [-0.1, -0.05) is 5.16 Å². The Labute approximate surface area is 98.0 Å². The average Bonchev–Trinajstić information content (AvgIpc) is 2.23. The molecular formula is C9H18F3N3O2. The van der Waals surface area contributed by atoms with Gasteiger partial charge in [-0.05, 0) is 14.0 Å². The van der Waals surface area contributed by atoms with E-state index >= 15 is 0 Å². The lowest BCUT2D eigenvalue weighted by Gasteiger charge is -2.29. The van der Waals surface area contributed by atoms with E-state index in [1.165, 1.54) is 19.1 Å². The van der Waals surface area contributed by atoms with E-state index in [4.69, 9.17) is 15.7 Å². The predicted octanol–water partition coefficient (Wildman–Crippen LogP) is 0.878. The molecule has 0 heterocycles. The van der Waals surface area contributed by atoms with Crippen LogP contribution in [-0.2, 0) is 4.74 Å². The van der Waals surface area contributed by atoms with E-state index in [9.17, 15) is 13.2 Å². The van der Waals surface area contributed by atoms with E-state index in [1.54, 1.807) is 6.92 Å². The molecule has 0 amide bonds. The van der Waals surface area contributed by atoms with Crippen molar-refractivity contribution in [3.05, 3.63) is 0 Å². The van der Waals surface area contributed by atoms with Crippen LogP contribution in [0.5, 0.6) is 0 Å². The molecule has 0 aliphatic carbocycles. The molecule has 0 rings (SSSR count). The largest absolute Gasteiger partial charge is 0.409 e. The number of hydrogen-bond acceptors (Lipinski definition) is 4. The zero-order valence-corrected chi connectivity index (χ0v) is 10.0. The first kappa shape index (κ1) is 16.0. The van der Waals surface area contributed by atoms with Gasteiger partial charge in [-0.25, -0.2) is 0 Å². The standard InChI is InChI=1S/C9H18F3N3O2/c1-6(5-17-3)15(2)4-7(8(13)14-16)9(10,11)12/h6-7,16H,4-5H2,1-3H3,(H2,13,14). The van der Waals surface area contributed by atoms with Crippen LogP contribution < -0.4 is 5.73 Å². The Hall–Kier alpha value is -1.02. The second-order valence-corrected chi connectivity index (χ2v) is 3.86. The quantitative estimate of drug-likeness (QED) is 0.321. The van der Waals surface area contributed by atoms with Gasteiger partial charge >= 0.3 is 6.18 Å². The summed E-state index contributed by atoms with van der Waals surface area (Å²) in [5.41, 5.74) is 5.05. The fraction of sp³-hybridized carbons (Fsp3) is 0.889. The molecule has 0 aromatic heterocycles. The number of nitrogens with zero attached hydrogens (tertiary/aromatic N) is 2. The van der Waals surface area contributed by atoms with E-state index in [0.29, 0.717) is 6.61 Å². The molecule has 0 fully saturated rings. The second-order valence-electron chi connectivity index (χ2n) is 3.86. The molecule has 0 spiro atoms. The number of halogens is 3. The number of ether oxygens (including phenoxy) is 1. The van der Waals surface area contributed by atoms with Crippen LogP contribution in [0.3, 0.4) is 0 Å². The fourth-order valence-corrected chi connectivity index (χ4v) is 1.27. The van der Waals surface area contributed by atoms with Gasteiger partial charge in [-0.3, -0.25) is 0 Å². The zero-order valence-electron chi connectivity index (χ0n) is 10.0. The van der Waals surface area contributed by atoms with E-state index in [-0.39, 0.29) is 12.6 Å². The Balaban J connectivity index is 4.66. The van der Waals surface area contributed by atoms with E-state index < -0.39 is 17.9 Å². The summed E-state index contributed by atoms with van der Waals surface area (Å²) in [5.74, 6) is -2.83. The Bertz CT molecular complexity index is 258. The van der Waals surface area contributed by atoms with Crippen LogP contribution in [0.15, 0.2) is 5.16 Å². The molecule has 5 nitrogen and oxygen atoms in total. The minimum Gasteiger partial charge on any atom is -0.409 e. The SMILES string of the molecule is COCC(C)N(C)CC(C(N)=NO)C(F)(F)F. The van der Waals surface area contributed by atoms with Gasteiger partial charge in [0.05, 0.1) is 6.61 Å². The van der Waals surface area contributed by atoms with Crippen molar-refractivity contribution < 1.29 is 23.1 Å². The number of alkyl halides is 3. The summed E-state index contributed by atoms with van der Waals surface area (Å²) in [6, 6.07) is -0.198. The number of methoxy groups -OCH3 is 1. The number of rotatable bonds is 6. The fourth-order valence-electron chi connectivity index (χ4n) is 1.27. The number of nitrogens with two attached hydrogens (primary N) is 1. The maximum atomic E-state index is 12.6. The third-order valence-corrected chi connectivity index (χ3v) is 2.50. The lowest BCUT2D eigenvalue weighted by Crippen LogP contribution is -2.46. The zero-order chi connectivity index (χ0) is 13.6. The van der Waals surface area contributed by atoms with Crippen molar-refractivity contribution in [2.75, 3.05) is 27.3 Å². The van der Waals surface area contributed by atoms with Crippen LogP contribution in [0.2, 0.25) is 0 Å². The summed E-state index contributed by atoms with van der Waals surface area (Å²) < 4.78 is 42.8. The Morgan fingerprint density at radius 1 is 1.53 bits per heavy atom. The van der Waals surface area contributed by atoms with Gasteiger partial charge in [-0.2, -0.15) is 13.2 Å². The molecule has 2 atom stereocenters. The minimum absolute atomic E-state index is 0.198. The maximum absolute atomic E-state index is 12.6. The van der Waals surface area contributed by atoms with Crippen molar-refractivity contribution >= 4 is 5.84 Å². The lowest BCUT2D eigenvalue weighted by atomic mass is 10.1. The molecule has 0 saturated carbocycles. The van der Waals surface area contributed by atoms with Gasteiger partial charge < -0.3 is 20.6 Å². The van der Waals surface area contributed by atoms with Gasteiger partial charge in [0, 0.05) is 19.7 Å². The minimum atomic E-state index is -4.54. The Kier molecular flexibility index (Phi) is 6.25. The van der Waals surface area contributed by atoms with E-state index in [0.717, 1.165) is 0 Å². The highest BCUT2D eigenvalue weighted by Crippen LogP contribution is 2.27. The first-order valence-corrected chi connectivity index (χ1v) is 4.97. The number of oxime groups is 1. The molecule has 2 unspecified atom stereocenters. The van der Waals surface area contributed by atoms with Crippen molar-refractivity contribution in [2.45, 2.75) is 19.1 Å². The smallest absolute Gasteiger partial charge is 0.400 e. The molecule has 0 saturated heterocycles. The van der Waals surface area contributed by atoms with Gasteiger partial charge in [0.15, 0.2) is 5.84 Å². The second kappa shape index (κ2) is 6.65. The summed E-state index contributed by atoms with van der Waals surface area (Å²) in [4.78, 5) is 1.44. The van der Waals surface area contributed by atoms with Gasteiger partial charge in [-0.15, -0.1) is 0 Å². The summed E-state index contributed by atoms with van der Waals surface area (Å²) in [5, 5.41) is 10.8. The van der Waals surface area contributed by atoms with Crippen LogP contribution in [0.4, 0.5) is 13.2 Å². The van der Waals surface area contributed by atoms with Crippen molar-refractivity contribution in [3.63, 3.8) is 0 Å². The van der Waals surface area contributed by atoms with Crippen LogP contribution >= 0.6 is 0 Å². The number of amidine groups is 1. The van der Waals surface area contributed by atoms with E-state index in [2.05, 4.69) is 5.16 Å². The Morgan fingerprint density at radius 3 is 2.41 bits per heavy atom. The van der Waals surface area contributed by atoms with Crippen LogP contribution in [0, 0.1) is 5.92 Å². The molecule has 17 heavy (non-hydrogen) atoms. The molecule has 8 heteroatoms. The molecule has 0 bridgehead atoms. The Morgan fingerprint density at radius 2 is 2.06 bits per heavy atom. The number of hydrogen-bond donors (Lipinski definition) is 2. The van der Waals surface area contributed by atoms with Crippen molar-refractivity contribution in [1.29, 1.82) is 0 Å². The van der Waals surface area contributed by atoms with Crippen molar-refractivity contribution in [1.82, 2.24) is 4.90 Å². The topological polar surface area (TPSA) is 71.1 Å². The molecular weight excluding hydrogens is 239 g/mol. The predicted molar refractivity (Wildman–Crippen MR) is 56.9 cm³/mol. The highest BCUT2D eigenvalue weighted by molar-refractivity contribution is 5.83. The highest BCUT2D eigenvalue weighted by atomic mass is 19.4. The molecule has 102 valence electrons. The maximum Gasteiger partial charge on any atom is 0.400 e.